The number of rotatable bonds is 1. The largest absolute Gasteiger partial charge is 0.298 e. The standard InChI is InChI=1S/C14H15NOS/c1-2-16-17(15,13-9-5-3-6-10-13)14-11-7-4-8-12-14/h3-12H,2H2,1H3. The normalized spacial score (nSPS) is 11.3. The third kappa shape index (κ3) is 2.42. The van der Waals surface area contributed by atoms with Crippen LogP contribution in [0.1, 0.15) is 6.92 Å². The second kappa shape index (κ2) is 5.19. The number of nitrogens with zero attached hydrogens (tertiary/aromatic N) is 1. The molecule has 0 heterocycles. The van der Waals surface area contributed by atoms with E-state index in [0.29, 0.717) is 6.61 Å². The van der Waals surface area contributed by atoms with E-state index >= 15 is 0 Å². The van der Waals surface area contributed by atoms with Crippen LogP contribution in [0.15, 0.2) is 70.5 Å². The van der Waals surface area contributed by atoms with Gasteiger partial charge in [0.1, 0.15) is 0 Å². The van der Waals surface area contributed by atoms with Crippen LogP contribution in [-0.4, -0.2) is 6.61 Å². The van der Waals surface area contributed by atoms with Gasteiger partial charge in [0.25, 0.3) is 0 Å². The lowest BCUT2D eigenvalue weighted by molar-refractivity contribution is 0.387. The molecule has 0 amide bonds. The second-order valence-corrected chi connectivity index (χ2v) is 5.79. The monoisotopic (exact) mass is 245 g/mol. The first kappa shape index (κ1) is 11.9. The van der Waals surface area contributed by atoms with Gasteiger partial charge in [0.2, 0.25) is 0 Å². The Morgan fingerprint density at radius 2 is 1.29 bits per heavy atom. The van der Waals surface area contributed by atoms with Crippen LogP contribution in [0.2, 0.25) is 0 Å². The molecule has 0 N–H and O–H groups in total. The molecule has 3 heteroatoms. The van der Waals surface area contributed by atoms with Crippen LogP contribution in [0.25, 0.3) is 0 Å². The van der Waals surface area contributed by atoms with E-state index in [2.05, 4.69) is 0 Å². The predicted octanol–water partition coefficient (Wildman–Crippen LogP) is 4.34. The Labute approximate surface area is 103 Å². The third-order valence-electron chi connectivity index (χ3n) is 2.41. The van der Waals surface area contributed by atoms with E-state index in [9.17, 15) is 4.61 Å². The zero-order valence-electron chi connectivity index (χ0n) is 9.74. The van der Waals surface area contributed by atoms with Crippen LogP contribution in [0.5, 0.6) is 0 Å². The van der Waals surface area contributed by atoms with Gasteiger partial charge in [-0.2, -0.15) is 4.61 Å². The van der Waals surface area contributed by atoms with Crippen molar-refractivity contribution < 1.29 is 4.18 Å². The Kier molecular flexibility index (Phi) is 3.64. The van der Waals surface area contributed by atoms with Crippen LogP contribution in [0.3, 0.4) is 0 Å². The molecule has 2 aromatic rings. The molecule has 0 aliphatic heterocycles. The number of benzene rings is 2. The summed E-state index contributed by atoms with van der Waals surface area (Å²) in [7, 11) is -2.35. The molecular formula is C14H15NOS. The van der Waals surface area contributed by atoms with Crippen molar-refractivity contribution in [2.75, 3.05) is 6.61 Å². The van der Waals surface area contributed by atoms with Crippen molar-refractivity contribution in [1.82, 2.24) is 0 Å². The molecule has 0 aliphatic rings. The molecular weight excluding hydrogens is 230 g/mol. The molecule has 2 rings (SSSR count). The average Bonchev–Trinajstić information content (AvgIpc) is 2.41. The molecule has 0 saturated carbocycles. The van der Waals surface area contributed by atoms with Gasteiger partial charge in [-0.15, -0.1) is 0 Å². The summed E-state index contributed by atoms with van der Waals surface area (Å²) in [5.41, 5.74) is 0. The molecule has 88 valence electrons. The fourth-order valence-corrected chi connectivity index (χ4v) is 3.59. The number of hydrogen-bond acceptors (Lipinski definition) is 2. The lowest BCUT2D eigenvalue weighted by Crippen LogP contribution is -1.95. The molecule has 0 fully saturated rings. The van der Waals surface area contributed by atoms with Gasteiger partial charge in [-0.05, 0) is 31.2 Å². The summed E-state index contributed by atoms with van der Waals surface area (Å²) in [6.45, 7) is 2.37. The Morgan fingerprint density at radius 3 is 1.65 bits per heavy atom. The van der Waals surface area contributed by atoms with Gasteiger partial charge in [0.15, 0.2) is 0 Å². The van der Waals surface area contributed by atoms with Gasteiger partial charge >= 0.3 is 0 Å². The van der Waals surface area contributed by atoms with E-state index in [0.717, 1.165) is 9.79 Å². The fourth-order valence-electron chi connectivity index (χ4n) is 1.65. The van der Waals surface area contributed by atoms with Crippen molar-refractivity contribution in [1.29, 1.82) is 4.61 Å². The zero-order chi connectivity index (χ0) is 12.1. The smallest absolute Gasteiger partial charge is 0.0967 e. The highest BCUT2D eigenvalue weighted by Gasteiger charge is 2.20. The highest BCUT2D eigenvalue weighted by molar-refractivity contribution is 8.17. The van der Waals surface area contributed by atoms with Crippen molar-refractivity contribution in [2.24, 2.45) is 0 Å². The lowest BCUT2D eigenvalue weighted by atomic mass is 10.4. The minimum atomic E-state index is -2.35. The third-order valence-corrected chi connectivity index (χ3v) is 4.81. The first-order valence-electron chi connectivity index (χ1n) is 5.57. The van der Waals surface area contributed by atoms with E-state index in [1.54, 1.807) is 0 Å². The van der Waals surface area contributed by atoms with Crippen LogP contribution in [0.4, 0.5) is 0 Å². The summed E-state index contributed by atoms with van der Waals surface area (Å²) in [6.07, 6.45) is 0. The maximum absolute atomic E-state index is 10.8. The Hall–Kier alpha value is -1.54. The van der Waals surface area contributed by atoms with Crippen LogP contribution < -0.4 is 0 Å². The SMILES string of the molecule is CCOS(#N)(c1ccccc1)c1ccccc1. The van der Waals surface area contributed by atoms with Gasteiger partial charge < -0.3 is 0 Å². The van der Waals surface area contributed by atoms with Crippen molar-refractivity contribution in [2.45, 2.75) is 16.7 Å². The first-order chi connectivity index (χ1) is 8.27. The quantitative estimate of drug-likeness (QED) is 0.748. The van der Waals surface area contributed by atoms with E-state index in [-0.39, 0.29) is 0 Å². The Morgan fingerprint density at radius 1 is 0.882 bits per heavy atom. The summed E-state index contributed by atoms with van der Waals surface area (Å²) in [4.78, 5) is 1.65. The molecule has 0 aliphatic carbocycles. The van der Waals surface area contributed by atoms with Crippen molar-refractivity contribution in [3.8, 4) is 0 Å². The van der Waals surface area contributed by atoms with E-state index < -0.39 is 9.94 Å². The fraction of sp³-hybridized carbons (Fsp3) is 0.143. The molecule has 0 radical (unpaired) electrons. The molecule has 0 saturated heterocycles. The number of hydrogen-bond donors (Lipinski definition) is 0. The molecule has 0 unspecified atom stereocenters. The van der Waals surface area contributed by atoms with E-state index in [1.165, 1.54) is 0 Å². The average molecular weight is 245 g/mol. The highest BCUT2D eigenvalue weighted by Crippen LogP contribution is 2.50. The van der Waals surface area contributed by atoms with Gasteiger partial charge in [-0.25, -0.2) is 0 Å². The zero-order valence-corrected chi connectivity index (χ0v) is 10.6. The van der Waals surface area contributed by atoms with Gasteiger partial charge in [0, 0.05) is 0 Å². The van der Waals surface area contributed by atoms with Crippen molar-refractivity contribution >= 4 is 9.94 Å². The summed E-state index contributed by atoms with van der Waals surface area (Å²) in [5, 5.41) is 0. The van der Waals surface area contributed by atoms with Crippen LogP contribution >= 0.6 is 9.94 Å². The Balaban J connectivity index is 2.53. The van der Waals surface area contributed by atoms with Gasteiger partial charge in [-0.1, -0.05) is 36.4 Å². The van der Waals surface area contributed by atoms with Crippen LogP contribution in [-0.2, 0) is 4.18 Å². The maximum atomic E-state index is 10.8. The molecule has 0 atom stereocenters. The van der Waals surface area contributed by atoms with Crippen LogP contribution in [0, 0.1) is 4.61 Å². The maximum Gasteiger partial charge on any atom is 0.0967 e. The Bertz CT molecular complexity index is 523. The minimum Gasteiger partial charge on any atom is -0.298 e. The molecule has 0 bridgehead atoms. The van der Waals surface area contributed by atoms with Gasteiger partial charge in [-0.3, -0.25) is 4.18 Å². The molecule has 0 spiro atoms. The lowest BCUT2D eigenvalue weighted by Gasteiger charge is -2.19. The minimum absolute atomic E-state index is 0.482. The summed E-state index contributed by atoms with van der Waals surface area (Å²) in [5.74, 6) is 0. The molecule has 17 heavy (non-hydrogen) atoms. The summed E-state index contributed by atoms with van der Waals surface area (Å²) >= 11 is 0. The van der Waals surface area contributed by atoms with Gasteiger partial charge in [0.05, 0.1) is 26.3 Å². The van der Waals surface area contributed by atoms with Crippen molar-refractivity contribution in [3.05, 3.63) is 60.7 Å². The summed E-state index contributed by atoms with van der Waals surface area (Å²) in [6, 6.07) is 19.1. The summed E-state index contributed by atoms with van der Waals surface area (Å²) < 4.78 is 16.5. The molecule has 2 aromatic carbocycles. The van der Waals surface area contributed by atoms with E-state index in [4.69, 9.17) is 4.18 Å². The molecule has 0 aromatic heterocycles. The second-order valence-electron chi connectivity index (χ2n) is 3.56. The predicted molar refractivity (Wildman–Crippen MR) is 70.4 cm³/mol. The van der Waals surface area contributed by atoms with Crippen molar-refractivity contribution in [3.63, 3.8) is 0 Å². The first-order valence-corrected chi connectivity index (χ1v) is 7.09. The van der Waals surface area contributed by atoms with E-state index in [1.807, 2.05) is 67.6 Å². The topological polar surface area (TPSA) is 33.0 Å². The highest BCUT2D eigenvalue weighted by atomic mass is 32.2. The molecule has 2 nitrogen and oxygen atoms in total.